The normalized spacial score (nSPS) is 11.7. The Morgan fingerprint density at radius 1 is 1.47 bits per heavy atom. The number of para-hydroxylation sites is 1. The molecular weight excluding hydrogens is 270 g/mol. The van der Waals surface area contributed by atoms with Crippen molar-refractivity contribution in [2.45, 2.75) is 11.9 Å². The molecule has 90 valence electrons. The number of nitrogens with zero attached hydrogens (tertiary/aromatic N) is 1. The van der Waals surface area contributed by atoms with Gasteiger partial charge in [0.05, 0.1) is 16.8 Å². The molecule has 0 spiro atoms. The molecule has 3 nitrogen and oxygen atoms in total. The second kappa shape index (κ2) is 4.54. The van der Waals surface area contributed by atoms with E-state index in [4.69, 9.17) is 0 Å². The van der Waals surface area contributed by atoms with Gasteiger partial charge in [-0.15, -0.1) is 11.3 Å². The van der Waals surface area contributed by atoms with Crippen LogP contribution in [0.25, 0.3) is 10.2 Å². The molecule has 0 saturated heterocycles. The summed E-state index contributed by atoms with van der Waals surface area (Å²) >= 11 is 5.90. The summed E-state index contributed by atoms with van der Waals surface area (Å²) in [5, 5.41) is -1.30. The predicted molar refractivity (Wildman–Crippen MR) is 62.3 cm³/mol. The minimum atomic E-state index is -3.88. The molecule has 0 aliphatic rings. The zero-order valence-corrected chi connectivity index (χ0v) is 9.99. The SMILES string of the molecule is O=C(NCc1nc2ccccc2s1)C(F)(F)Cl. The lowest BCUT2D eigenvalue weighted by Crippen LogP contribution is -2.35. The quantitative estimate of drug-likeness (QED) is 0.876. The van der Waals surface area contributed by atoms with E-state index in [0.717, 1.165) is 10.2 Å². The summed E-state index contributed by atoms with van der Waals surface area (Å²) in [6, 6.07) is 7.37. The Hall–Kier alpha value is -1.27. The molecule has 0 unspecified atom stereocenters. The zero-order valence-electron chi connectivity index (χ0n) is 8.41. The van der Waals surface area contributed by atoms with Crippen LogP contribution in [0.5, 0.6) is 0 Å². The number of nitrogens with one attached hydrogen (secondary N) is 1. The summed E-state index contributed by atoms with van der Waals surface area (Å²) in [5.74, 6) is -1.52. The molecule has 7 heteroatoms. The molecule has 1 aromatic heterocycles. The molecule has 1 aromatic carbocycles. The van der Waals surface area contributed by atoms with Crippen molar-refractivity contribution in [3.63, 3.8) is 0 Å². The number of hydrogen-bond acceptors (Lipinski definition) is 3. The molecule has 1 heterocycles. The van der Waals surface area contributed by atoms with E-state index in [-0.39, 0.29) is 6.54 Å². The van der Waals surface area contributed by atoms with Crippen molar-refractivity contribution >= 4 is 39.1 Å². The summed E-state index contributed by atoms with van der Waals surface area (Å²) in [5.41, 5.74) is 0.777. The molecule has 1 N–H and O–H groups in total. The van der Waals surface area contributed by atoms with Crippen LogP contribution in [0, 0.1) is 0 Å². The van der Waals surface area contributed by atoms with Gasteiger partial charge in [0.1, 0.15) is 5.01 Å². The molecule has 2 rings (SSSR count). The third kappa shape index (κ3) is 2.89. The van der Waals surface area contributed by atoms with Crippen LogP contribution in [-0.2, 0) is 11.3 Å². The first-order chi connectivity index (χ1) is 7.97. The lowest BCUT2D eigenvalue weighted by Gasteiger charge is -2.06. The number of hydrogen-bond donors (Lipinski definition) is 1. The van der Waals surface area contributed by atoms with Gasteiger partial charge < -0.3 is 5.32 Å². The average Bonchev–Trinajstić information content (AvgIpc) is 2.66. The van der Waals surface area contributed by atoms with Crippen LogP contribution in [0.2, 0.25) is 0 Å². The maximum Gasteiger partial charge on any atom is 0.399 e. The number of aromatic nitrogens is 1. The number of rotatable bonds is 3. The molecule has 0 bridgehead atoms. The molecule has 2 aromatic rings. The van der Waals surface area contributed by atoms with Gasteiger partial charge in [0.15, 0.2) is 0 Å². The highest BCUT2D eigenvalue weighted by atomic mass is 35.5. The summed E-state index contributed by atoms with van der Waals surface area (Å²) in [6.07, 6.45) is 0. The smallest absolute Gasteiger partial charge is 0.343 e. The predicted octanol–water partition coefficient (Wildman–Crippen LogP) is 2.74. The summed E-state index contributed by atoms with van der Waals surface area (Å²) in [7, 11) is 0. The number of carbonyl (C=O) groups is 1. The fourth-order valence-electron chi connectivity index (χ4n) is 1.25. The first-order valence-electron chi connectivity index (χ1n) is 4.66. The monoisotopic (exact) mass is 276 g/mol. The van der Waals surface area contributed by atoms with Crippen molar-refractivity contribution < 1.29 is 13.6 Å². The van der Waals surface area contributed by atoms with Crippen LogP contribution in [0.3, 0.4) is 0 Å². The van der Waals surface area contributed by atoms with Crippen molar-refractivity contribution in [2.24, 2.45) is 0 Å². The van der Waals surface area contributed by atoms with Crippen LogP contribution in [-0.4, -0.2) is 16.3 Å². The second-order valence-electron chi connectivity index (χ2n) is 3.26. The van der Waals surface area contributed by atoms with E-state index in [1.807, 2.05) is 29.6 Å². The number of benzene rings is 1. The summed E-state index contributed by atoms with van der Waals surface area (Å²) in [6.45, 7) is -0.0551. The van der Waals surface area contributed by atoms with E-state index < -0.39 is 11.3 Å². The molecule has 0 aliphatic heterocycles. The van der Waals surface area contributed by atoms with Gasteiger partial charge in [-0.3, -0.25) is 4.79 Å². The van der Waals surface area contributed by atoms with Gasteiger partial charge >= 0.3 is 11.3 Å². The fourth-order valence-corrected chi connectivity index (χ4v) is 2.23. The van der Waals surface area contributed by atoms with Crippen LogP contribution in [0.1, 0.15) is 5.01 Å². The number of fused-ring (bicyclic) bond motifs is 1. The van der Waals surface area contributed by atoms with Crippen molar-refractivity contribution in [3.05, 3.63) is 29.3 Å². The van der Waals surface area contributed by atoms with Crippen molar-refractivity contribution in [2.75, 3.05) is 0 Å². The Balaban J connectivity index is 2.07. The third-order valence-electron chi connectivity index (χ3n) is 2.00. The third-order valence-corrected chi connectivity index (χ3v) is 3.20. The first kappa shape index (κ1) is 12.2. The van der Waals surface area contributed by atoms with E-state index in [1.54, 1.807) is 0 Å². The Morgan fingerprint density at radius 2 is 2.18 bits per heavy atom. The molecule has 0 atom stereocenters. The Morgan fingerprint density at radius 3 is 2.82 bits per heavy atom. The highest BCUT2D eigenvalue weighted by molar-refractivity contribution is 7.18. The molecule has 1 amide bonds. The maximum absolute atomic E-state index is 12.4. The van der Waals surface area contributed by atoms with Crippen molar-refractivity contribution in [1.82, 2.24) is 10.3 Å². The van der Waals surface area contributed by atoms with Gasteiger partial charge in [0.25, 0.3) is 0 Å². The van der Waals surface area contributed by atoms with Gasteiger partial charge in [-0.25, -0.2) is 4.98 Å². The molecule has 0 aliphatic carbocycles. The Kier molecular flexibility index (Phi) is 3.26. The number of carbonyl (C=O) groups excluding carboxylic acids is 1. The van der Waals surface area contributed by atoms with Crippen LogP contribution < -0.4 is 5.32 Å². The molecule has 17 heavy (non-hydrogen) atoms. The highest BCUT2D eigenvalue weighted by Crippen LogP contribution is 2.22. The summed E-state index contributed by atoms with van der Waals surface area (Å²) < 4.78 is 25.7. The largest absolute Gasteiger partial charge is 0.399 e. The van der Waals surface area contributed by atoms with Gasteiger partial charge in [0, 0.05) is 0 Å². The molecule has 0 fully saturated rings. The van der Waals surface area contributed by atoms with Gasteiger partial charge in [-0.05, 0) is 23.7 Å². The Labute approximate surface area is 104 Å². The minimum Gasteiger partial charge on any atom is -0.343 e. The molecular formula is C10H7ClF2N2OS. The van der Waals surface area contributed by atoms with E-state index in [0.29, 0.717) is 5.01 Å². The summed E-state index contributed by atoms with van der Waals surface area (Å²) in [4.78, 5) is 15.0. The van der Waals surface area contributed by atoms with Crippen molar-refractivity contribution in [3.8, 4) is 0 Å². The average molecular weight is 277 g/mol. The van der Waals surface area contributed by atoms with Gasteiger partial charge in [-0.1, -0.05) is 12.1 Å². The first-order valence-corrected chi connectivity index (χ1v) is 5.86. The topological polar surface area (TPSA) is 42.0 Å². The van der Waals surface area contributed by atoms with Crippen LogP contribution in [0.15, 0.2) is 24.3 Å². The van der Waals surface area contributed by atoms with Crippen molar-refractivity contribution in [1.29, 1.82) is 0 Å². The van der Waals surface area contributed by atoms with E-state index in [1.165, 1.54) is 11.3 Å². The maximum atomic E-state index is 12.4. The van der Waals surface area contributed by atoms with E-state index >= 15 is 0 Å². The molecule has 0 radical (unpaired) electrons. The van der Waals surface area contributed by atoms with Crippen LogP contribution >= 0.6 is 22.9 Å². The number of alkyl halides is 3. The second-order valence-corrected chi connectivity index (χ2v) is 4.85. The standard InChI is InChI=1S/C10H7ClF2N2OS/c11-10(12,13)9(16)14-5-8-15-6-3-1-2-4-7(6)17-8/h1-4H,5H2,(H,14,16). The number of halogens is 3. The van der Waals surface area contributed by atoms with E-state index in [2.05, 4.69) is 16.6 Å². The minimum absolute atomic E-state index is 0.0551. The number of amides is 1. The lowest BCUT2D eigenvalue weighted by atomic mass is 10.3. The van der Waals surface area contributed by atoms with Gasteiger partial charge in [-0.2, -0.15) is 8.78 Å². The zero-order chi connectivity index (χ0) is 12.5. The highest BCUT2D eigenvalue weighted by Gasteiger charge is 2.35. The van der Waals surface area contributed by atoms with E-state index in [9.17, 15) is 13.6 Å². The fraction of sp³-hybridized carbons (Fsp3) is 0.200. The number of thiazole rings is 1. The molecule has 0 saturated carbocycles. The Bertz CT molecular complexity index is 519. The van der Waals surface area contributed by atoms with Gasteiger partial charge in [0.2, 0.25) is 0 Å². The van der Waals surface area contributed by atoms with Crippen LogP contribution in [0.4, 0.5) is 8.78 Å². The lowest BCUT2D eigenvalue weighted by molar-refractivity contribution is -0.135.